The standard InChI is InChI=1S/C29H34ClF3N8O3/c1-15-10-20(35)37-25(23(15)29(31,32)33)18-11-19-22-26(24(18)30)43-14-17-12-40(21(42)5-6-34)8-9-41(17)27(22)38-28(36-19)44-13-16-4-3-7-39(16)2/h10-11,16-17H,3-9,12-14,34H2,1-2H3,(H2,35,37)/t16-,17-/m0/s1. The Kier molecular flexibility index (Phi) is 8.09. The van der Waals surface area contributed by atoms with Gasteiger partial charge in [-0.3, -0.25) is 4.79 Å². The predicted molar refractivity (Wildman–Crippen MR) is 160 cm³/mol. The second-order valence-corrected chi connectivity index (χ2v) is 11.9. The number of hydrogen-bond donors (Lipinski definition) is 2. The lowest BCUT2D eigenvalue weighted by Gasteiger charge is -2.41. The van der Waals surface area contributed by atoms with Crippen molar-refractivity contribution in [2.45, 2.75) is 44.4 Å². The minimum absolute atomic E-state index is 0.0253. The molecule has 11 nitrogen and oxygen atoms in total. The number of fused-ring (bicyclic) bond motifs is 2. The molecule has 6 rings (SSSR count). The fraction of sp³-hybridized carbons (Fsp3) is 0.517. The maximum absolute atomic E-state index is 14.3. The van der Waals surface area contributed by atoms with Crippen LogP contribution in [0.1, 0.15) is 30.4 Å². The molecule has 0 bridgehead atoms. The highest BCUT2D eigenvalue weighted by Crippen LogP contribution is 2.49. The number of ether oxygens (including phenoxy) is 2. The molecule has 2 saturated heterocycles. The third-order valence-corrected chi connectivity index (χ3v) is 8.95. The topological polar surface area (TPSA) is 136 Å². The fourth-order valence-corrected chi connectivity index (χ4v) is 6.65. The molecule has 2 fully saturated rings. The summed E-state index contributed by atoms with van der Waals surface area (Å²) in [5, 5.41) is 0.380. The maximum Gasteiger partial charge on any atom is 0.418 e. The molecule has 3 aliphatic rings. The van der Waals surface area contributed by atoms with Crippen LogP contribution in [0.4, 0.5) is 24.8 Å². The van der Waals surface area contributed by atoms with E-state index in [1.165, 1.54) is 19.1 Å². The number of alkyl halides is 3. The van der Waals surface area contributed by atoms with Crippen molar-refractivity contribution in [3.63, 3.8) is 0 Å². The molecule has 2 aromatic heterocycles. The first-order chi connectivity index (χ1) is 21.0. The normalized spacial score (nSPS) is 20.4. The molecule has 3 aliphatic heterocycles. The van der Waals surface area contributed by atoms with E-state index in [0.717, 1.165) is 19.4 Å². The molecule has 2 atom stereocenters. The molecule has 0 radical (unpaired) electrons. The van der Waals surface area contributed by atoms with Gasteiger partial charge in [0.2, 0.25) is 5.91 Å². The van der Waals surface area contributed by atoms with Crippen LogP contribution >= 0.6 is 11.6 Å². The van der Waals surface area contributed by atoms with E-state index >= 15 is 0 Å². The summed E-state index contributed by atoms with van der Waals surface area (Å²) < 4.78 is 55.4. The van der Waals surface area contributed by atoms with E-state index in [2.05, 4.69) is 14.9 Å². The number of halogens is 4. The third kappa shape index (κ3) is 5.54. The highest BCUT2D eigenvalue weighted by molar-refractivity contribution is 6.36. The molecule has 44 heavy (non-hydrogen) atoms. The summed E-state index contributed by atoms with van der Waals surface area (Å²) in [6.45, 7) is 4.20. The van der Waals surface area contributed by atoms with Crippen LogP contribution in [0.2, 0.25) is 5.02 Å². The summed E-state index contributed by atoms with van der Waals surface area (Å²) in [5.74, 6) is 0.477. The minimum Gasteiger partial charge on any atom is -0.489 e. The van der Waals surface area contributed by atoms with Crippen molar-refractivity contribution in [3.8, 4) is 23.0 Å². The van der Waals surface area contributed by atoms with Crippen molar-refractivity contribution < 1.29 is 27.4 Å². The van der Waals surface area contributed by atoms with Gasteiger partial charge in [0, 0.05) is 44.2 Å². The first-order valence-corrected chi connectivity index (χ1v) is 14.9. The quantitative estimate of drug-likeness (QED) is 0.415. The Labute approximate surface area is 257 Å². The number of likely N-dealkylation sites (N-methyl/N-ethyl adjacent to an activating group) is 1. The van der Waals surface area contributed by atoms with Gasteiger partial charge < -0.3 is 35.6 Å². The number of piperazine rings is 1. The van der Waals surface area contributed by atoms with E-state index < -0.39 is 17.4 Å². The van der Waals surface area contributed by atoms with Crippen LogP contribution in [0.15, 0.2) is 12.1 Å². The monoisotopic (exact) mass is 634 g/mol. The Morgan fingerprint density at radius 1 is 1.20 bits per heavy atom. The Morgan fingerprint density at radius 2 is 2.00 bits per heavy atom. The molecule has 5 heterocycles. The number of aryl methyl sites for hydroxylation is 1. The Bertz CT molecular complexity index is 1610. The third-order valence-electron chi connectivity index (χ3n) is 8.58. The molecule has 1 aromatic carbocycles. The van der Waals surface area contributed by atoms with Crippen LogP contribution in [0, 0.1) is 6.92 Å². The number of nitrogens with two attached hydrogens (primary N) is 2. The van der Waals surface area contributed by atoms with E-state index in [1.807, 2.05) is 11.9 Å². The highest BCUT2D eigenvalue weighted by Gasteiger charge is 2.40. The van der Waals surface area contributed by atoms with Crippen molar-refractivity contribution in [3.05, 3.63) is 28.3 Å². The van der Waals surface area contributed by atoms with Gasteiger partial charge in [0.1, 0.15) is 24.8 Å². The van der Waals surface area contributed by atoms with E-state index in [4.69, 9.17) is 37.5 Å². The van der Waals surface area contributed by atoms with Crippen molar-refractivity contribution in [1.82, 2.24) is 24.8 Å². The molecule has 0 aliphatic carbocycles. The van der Waals surface area contributed by atoms with Gasteiger partial charge in [0.25, 0.3) is 0 Å². The second kappa shape index (κ2) is 11.7. The summed E-state index contributed by atoms with van der Waals surface area (Å²) >= 11 is 6.89. The molecule has 4 N–H and O–H groups in total. The second-order valence-electron chi connectivity index (χ2n) is 11.5. The first kappa shape index (κ1) is 30.4. The van der Waals surface area contributed by atoms with Gasteiger partial charge in [-0.15, -0.1) is 0 Å². The van der Waals surface area contributed by atoms with E-state index in [1.54, 1.807) is 4.90 Å². The number of amides is 1. The molecule has 3 aromatic rings. The Hall–Kier alpha value is -3.62. The summed E-state index contributed by atoms with van der Waals surface area (Å²) in [4.78, 5) is 32.2. The van der Waals surface area contributed by atoms with Crippen LogP contribution < -0.4 is 25.8 Å². The minimum atomic E-state index is -4.73. The Balaban J connectivity index is 1.50. The Morgan fingerprint density at radius 3 is 2.70 bits per heavy atom. The van der Waals surface area contributed by atoms with Gasteiger partial charge in [-0.05, 0) is 51.1 Å². The van der Waals surface area contributed by atoms with Crippen molar-refractivity contribution in [1.29, 1.82) is 0 Å². The van der Waals surface area contributed by atoms with Crippen molar-refractivity contribution in [2.24, 2.45) is 5.73 Å². The van der Waals surface area contributed by atoms with Gasteiger partial charge in [0.15, 0.2) is 5.75 Å². The largest absolute Gasteiger partial charge is 0.489 e. The van der Waals surface area contributed by atoms with E-state index in [9.17, 15) is 18.0 Å². The average molecular weight is 635 g/mol. The highest BCUT2D eigenvalue weighted by atomic mass is 35.5. The van der Waals surface area contributed by atoms with Gasteiger partial charge in [-0.25, -0.2) is 4.98 Å². The smallest absolute Gasteiger partial charge is 0.418 e. The van der Waals surface area contributed by atoms with Gasteiger partial charge in [-0.2, -0.15) is 23.1 Å². The molecular weight excluding hydrogens is 601 g/mol. The van der Waals surface area contributed by atoms with Crippen LogP contribution in [0.5, 0.6) is 11.8 Å². The number of nitrogen functional groups attached to an aromatic ring is 1. The lowest BCUT2D eigenvalue weighted by atomic mass is 9.99. The SMILES string of the molecule is Cc1cc(N)nc(-c2cc3nc(OC[C@@H]4CCCN4C)nc4c3c(c2Cl)OC[C@@H]2CN(C(=O)CCN)CCN42)c1C(F)(F)F. The van der Waals surface area contributed by atoms with Crippen LogP contribution in [-0.4, -0.2) is 95.7 Å². The number of rotatable bonds is 6. The number of pyridine rings is 1. The van der Waals surface area contributed by atoms with Crippen molar-refractivity contribution >= 4 is 40.0 Å². The zero-order valence-corrected chi connectivity index (χ0v) is 25.2. The molecule has 236 valence electrons. The summed E-state index contributed by atoms with van der Waals surface area (Å²) in [7, 11) is 2.03. The van der Waals surface area contributed by atoms with Gasteiger partial charge >= 0.3 is 12.2 Å². The molecule has 15 heteroatoms. The molecule has 0 saturated carbocycles. The summed E-state index contributed by atoms with van der Waals surface area (Å²) in [6, 6.07) is 2.59. The van der Waals surface area contributed by atoms with Gasteiger partial charge in [0.05, 0.1) is 33.2 Å². The lowest BCUT2D eigenvalue weighted by Crippen LogP contribution is -2.57. The van der Waals surface area contributed by atoms with Crippen molar-refractivity contribution in [2.75, 3.05) is 63.6 Å². The van der Waals surface area contributed by atoms with Gasteiger partial charge in [-0.1, -0.05) is 11.6 Å². The molecule has 0 unspecified atom stereocenters. The zero-order chi connectivity index (χ0) is 31.3. The lowest BCUT2D eigenvalue weighted by molar-refractivity contribution is -0.137. The summed E-state index contributed by atoms with van der Waals surface area (Å²) in [5.41, 5.74) is 10.4. The number of carbonyl (C=O) groups excluding carboxylic acids is 1. The summed E-state index contributed by atoms with van der Waals surface area (Å²) in [6.07, 6.45) is -2.48. The number of anilines is 2. The predicted octanol–water partition coefficient (Wildman–Crippen LogP) is 3.49. The number of carbonyl (C=O) groups is 1. The number of likely N-dealkylation sites (tertiary alicyclic amines) is 1. The van der Waals surface area contributed by atoms with Crippen LogP contribution in [0.3, 0.4) is 0 Å². The first-order valence-electron chi connectivity index (χ1n) is 14.6. The van der Waals surface area contributed by atoms with E-state index in [-0.39, 0.29) is 76.8 Å². The zero-order valence-electron chi connectivity index (χ0n) is 24.5. The number of nitrogens with zero attached hydrogens (tertiary/aromatic N) is 6. The fourth-order valence-electron chi connectivity index (χ4n) is 6.36. The molecule has 1 amide bonds. The molecule has 0 spiro atoms. The van der Waals surface area contributed by atoms with Crippen LogP contribution in [-0.2, 0) is 11.0 Å². The van der Waals surface area contributed by atoms with Crippen LogP contribution in [0.25, 0.3) is 22.2 Å². The average Bonchev–Trinajstić information content (AvgIpc) is 3.30. The number of hydrogen-bond acceptors (Lipinski definition) is 10. The number of benzene rings is 1. The maximum atomic E-state index is 14.3. The van der Waals surface area contributed by atoms with E-state index in [0.29, 0.717) is 37.4 Å². The molecular formula is C29H34ClF3N8O3. The number of aromatic nitrogens is 3.